The van der Waals surface area contributed by atoms with Crippen LogP contribution < -0.4 is 10.9 Å². The van der Waals surface area contributed by atoms with Crippen LogP contribution in [0.4, 0.5) is 5.69 Å². The zero-order chi connectivity index (χ0) is 18.1. The standard InChI is InChI=1S/C18H11ClN2O4S/c19-11-2-4-15-13(8-11)21-18(25-15)26-9-16(22)20-12-3-5-14-10(7-12)1-6-17(23)24-14/h1-8H,9H2,(H,20,22). The number of thioether (sulfide) groups is 1. The van der Waals surface area contributed by atoms with Gasteiger partial charge in [-0.25, -0.2) is 9.78 Å². The van der Waals surface area contributed by atoms with Crippen LogP contribution in [-0.2, 0) is 4.79 Å². The first kappa shape index (κ1) is 16.7. The number of rotatable bonds is 4. The molecule has 0 fully saturated rings. The average molecular weight is 387 g/mol. The number of carbonyl (C=O) groups is 1. The molecule has 26 heavy (non-hydrogen) atoms. The van der Waals surface area contributed by atoms with Crippen LogP contribution in [0.3, 0.4) is 0 Å². The van der Waals surface area contributed by atoms with Crippen molar-refractivity contribution in [1.29, 1.82) is 0 Å². The van der Waals surface area contributed by atoms with E-state index < -0.39 is 5.63 Å². The van der Waals surface area contributed by atoms with Gasteiger partial charge in [0, 0.05) is 22.2 Å². The topological polar surface area (TPSA) is 85.3 Å². The van der Waals surface area contributed by atoms with Gasteiger partial charge in [-0.1, -0.05) is 23.4 Å². The molecule has 1 amide bonds. The summed E-state index contributed by atoms with van der Waals surface area (Å²) >= 11 is 7.11. The van der Waals surface area contributed by atoms with Crippen LogP contribution in [0.2, 0.25) is 5.02 Å². The number of anilines is 1. The molecular formula is C18H11ClN2O4S. The summed E-state index contributed by atoms with van der Waals surface area (Å²) in [6.07, 6.45) is 0. The van der Waals surface area contributed by atoms with Gasteiger partial charge in [-0.15, -0.1) is 0 Å². The Morgan fingerprint density at radius 3 is 2.81 bits per heavy atom. The highest BCUT2D eigenvalue weighted by atomic mass is 35.5. The van der Waals surface area contributed by atoms with Crippen molar-refractivity contribution < 1.29 is 13.6 Å². The fourth-order valence-corrected chi connectivity index (χ4v) is 3.22. The van der Waals surface area contributed by atoms with Crippen LogP contribution in [0.25, 0.3) is 22.1 Å². The van der Waals surface area contributed by atoms with Crippen molar-refractivity contribution in [3.63, 3.8) is 0 Å². The van der Waals surface area contributed by atoms with E-state index in [2.05, 4.69) is 10.3 Å². The van der Waals surface area contributed by atoms with Crippen molar-refractivity contribution in [3.05, 3.63) is 64.0 Å². The summed E-state index contributed by atoms with van der Waals surface area (Å²) in [5.74, 6) is -0.0605. The van der Waals surface area contributed by atoms with E-state index in [-0.39, 0.29) is 11.7 Å². The van der Waals surface area contributed by atoms with E-state index in [1.807, 2.05) is 0 Å². The molecule has 0 spiro atoms. The summed E-state index contributed by atoms with van der Waals surface area (Å²) in [6.45, 7) is 0. The fraction of sp³-hybridized carbons (Fsp3) is 0.0556. The highest BCUT2D eigenvalue weighted by Crippen LogP contribution is 2.26. The molecule has 0 bridgehead atoms. The lowest BCUT2D eigenvalue weighted by Crippen LogP contribution is -2.13. The smallest absolute Gasteiger partial charge is 0.336 e. The monoisotopic (exact) mass is 386 g/mol. The zero-order valence-electron chi connectivity index (χ0n) is 13.2. The molecule has 0 aliphatic carbocycles. The Kier molecular flexibility index (Phi) is 4.40. The fourth-order valence-electron chi connectivity index (χ4n) is 2.42. The number of fused-ring (bicyclic) bond motifs is 2. The Labute approximate surface area is 156 Å². The number of hydrogen-bond donors (Lipinski definition) is 1. The number of nitrogens with one attached hydrogen (secondary N) is 1. The minimum absolute atomic E-state index is 0.141. The van der Waals surface area contributed by atoms with Crippen molar-refractivity contribution in [2.45, 2.75) is 5.22 Å². The number of oxazole rings is 1. The Balaban J connectivity index is 1.43. The molecule has 4 rings (SSSR count). The van der Waals surface area contributed by atoms with Crippen molar-refractivity contribution in [1.82, 2.24) is 4.98 Å². The molecule has 2 aromatic carbocycles. The minimum atomic E-state index is -0.412. The van der Waals surface area contributed by atoms with Crippen molar-refractivity contribution in [3.8, 4) is 0 Å². The summed E-state index contributed by atoms with van der Waals surface area (Å²) < 4.78 is 10.6. The van der Waals surface area contributed by atoms with Gasteiger partial charge >= 0.3 is 5.63 Å². The van der Waals surface area contributed by atoms with Crippen LogP contribution in [0.5, 0.6) is 0 Å². The van der Waals surface area contributed by atoms with Gasteiger partial charge in [-0.2, -0.15) is 0 Å². The first-order valence-electron chi connectivity index (χ1n) is 7.59. The molecule has 8 heteroatoms. The number of aromatic nitrogens is 1. The molecule has 130 valence electrons. The van der Waals surface area contributed by atoms with Gasteiger partial charge in [0.15, 0.2) is 5.58 Å². The number of benzene rings is 2. The third-order valence-corrected chi connectivity index (χ3v) is 4.62. The van der Waals surface area contributed by atoms with Gasteiger partial charge in [0.25, 0.3) is 5.22 Å². The Morgan fingerprint density at radius 1 is 1.08 bits per heavy atom. The maximum Gasteiger partial charge on any atom is 0.336 e. The second kappa shape index (κ2) is 6.86. The van der Waals surface area contributed by atoms with Gasteiger partial charge in [-0.3, -0.25) is 4.79 Å². The van der Waals surface area contributed by atoms with Gasteiger partial charge < -0.3 is 14.2 Å². The highest BCUT2D eigenvalue weighted by Gasteiger charge is 2.10. The number of carbonyl (C=O) groups excluding carboxylic acids is 1. The molecule has 1 N–H and O–H groups in total. The molecule has 2 aromatic heterocycles. The third-order valence-electron chi connectivity index (χ3n) is 3.56. The van der Waals surface area contributed by atoms with Crippen molar-refractivity contribution in [2.75, 3.05) is 11.1 Å². The van der Waals surface area contributed by atoms with E-state index in [9.17, 15) is 9.59 Å². The quantitative estimate of drug-likeness (QED) is 0.415. The number of hydrogen-bond acceptors (Lipinski definition) is 6. The van der Waals surface area contributed by atoms with Gasteiger partial charge in [0.1, 0.15) is 11.1 Å². The minimum Gasteiger partial charge on any atom is -0.431 e. The molecule has 0 saturated heterocycles. The summed E-state index contributed by atoms with van der Waals surface area (Å²) in [4.78, 5) is 27.6. The molecule has 2 heterocycles. The molecule has 0 aliphatic rings. The maximum atomic E-state index is 12.1. The lowest BCUT2D eigenvalue weighted by Gasteiger charge is -2.05. The SMILES string of the molecule is O=C(CSc1nc2cc(Cl)ccc2o1)Nc1ccc2oc(=O)ccc2c1. The molecule has 0 aliphatic heterocycles. The Bertz CT molecular complexity index is 1180. The molecular weight excluding hydrogens is 376 g/mol. The predicted molar refractivity (Wildman–Crippen MR) is 101 cm³/mol. The molecule has 0 unspecified atom stereocenters. The second-order valence-corrected chi connectivity index (χ2v) is 6.80. The van der Waals surface area contributed by atoms with Crippen LogP contribution in [0.1, 0.15) is 0 Å². The second-order valence-electron chi connectivity index (χ2n) is 5.44. The normalized spacial score (nSPS) is 11.1. The molecule has 4 aromatic rings. The summed E-state index contributed by atoms with van der Waals surface area (Å²) in [5, 5.41) is 4.50. The van der Waals surface area contributed by atoms with Gasteiger partial charge in [0.2, 0.25) is 5.91 Å². The molecule has 0 saturated carbocycles. The largest absolute Gasteiger partial charge is 0.431 e. The summed E-state index contributed by atoms with van der Waals surface area (Å²) in [7, 11) is 0. The van der Waals surface area contributed by atoms with E-state index in [0.717, 1.165) is 5.39 Å². The van der Waals surface area contributed by atoms with E-state index >= 15 is 0 Å². The number of nitrogens with zero attached hydrogens (tertiary/aromatic N) is 1. The van der Waals surface area contributed by atoms with Gasteiger partial charge in [0.05, 0.1) is 5.75 Å². The third kappa shape index (κ3) is 3.58. The average Bonchev–Trinajstić information content (AvgIpc) is 3.02. The first-order valence-corrected chi connectivity index (χ1v) is 8.96. The van der Waals surface area contributed by atoms with Crippen LogP contribution in [0.15, 0.2) is 67.4 Å². The van der Waals surface area contributed by atoms with Crippen molar-refractivity contribution >= 4 is 57.0 Å². The molecule has 0 atom stereocenters. The van der Waals surface area contributed by atoms with Gasteiger partial charge in [-0.05, 0) is 42.5 Å². The Morgan fingerprint density at radius 2 is 1.92 bits per heavy atom. The van der Waals surface area contributed by atoms with Crippen LogP contribution in [-0.4, -0.2) is 16.6 Å². The lowest BCUT2D eigenvalue weighted by molar-refractivity contribution is -0.113. The number of halogens is 1. The predicted octanol–water partition coefficient (Wildman–Crippen LogP) is 4.32. The molecule has 0 radical (unpaired) electrons. The highest BCUT2D eigenvalue weighted by molar-refractivity contribution is 7.99. The maximum absolute atomic E-state index is 12.1. The van der Waals surface area contributed by atoms with Crippen LogP contribution in [0, 0.1) is 0 Å². The van der Waals surface area contributed by atoms with E-state index in [1.165, 1.54) is 17.8 Å². The van der Waals surface area contributed by atoms with E-state index in [0.29, 0.717) is 32.6 Å². The van der Waals surface area contributed by atoms with Crippen LogP contribution >= 0.6 is 23.4 Å². The van der Waals surface area contributed by atoms with E-state index in [4.69, 9.17) is 20.4 Å². The first-order chi connectivity index (χ1) is 12.6. The number of amides is 1. The van der Waals surface area contributed by atoms with Crippen molar-refractivity contribution in [2.24, 2.45) is 0 Å². The summed E-state index contributed by atoms with van der Waals surface area (Å²) in [5.41, 5.74) is 1.94. The Hall–Kier alpha value is -2.77. The zero-order valence-corrected chi connectivity index (χ0v) is 14.8. The molecule has 6 nitrogen and oxygen atoms in total. The summed E-state index contributed by atoms with van der Waals surface area (Å²) in [6, 6.07) is 13.2. The van der Waals surface area contributed by atoms with E-state index in [1.54, 1.807) is 42.5 Å². The lowest BCUT2D eigenvalue weighted by atomic mass is 10.2.